The lowest BCUT2D eigenvalue weighted by Crippen LogP contribution is -2.39. The van der Waals surface area contributed by atoms with Crippen molar-refractivity contribution in [1.29, 1.82) is 0 Å². The number of piperidine rings is 1. The van der Waals surface area contributed by atoms with Crippen LogP contribution in [0.25, 0.3) is 10.9 Å². The standard InChI is InChI=1S/C21H27N3O4.C6H10O.C2H6/c1-3-5-17(25)24-10-8-14(9-11-24)12-28-16-7-4-6-15-19(16)20(22)18(21(26)27)13(2)23-15;1-3-4-5-6(2)7;1-2/h4,6-7,14H,3,5,8-12H2,1-2H3,(H2,22,23)(H,26,27);3-5,7H,1-2H3;1-2H3/b;4-3-,6-5+;. The molecule has 0 spiro atoms. The van der Waals surface area contributed by atoms with Crippen LogP contribution in [0.1, 0.15) is 76.4 Å². The number of carboxylic acid groups (broad SMARTS) is 1. The van der Waals surface area contributed by atoms with Crippen LogP contribution in [0.4, 0.5) is 5.69 Å². The molecule has 0 bridgehead atoms. The highest BCUT2D eigenvalue weighted by Crippen LogP contribution is 2.34. The minimum atomic E-state index is -1.09. The zero-order valence-corrected chi connectivity index (χ0v) is 23.1. The number of nitrogens with two attached hydrogens (primary N) is 1. The van der Waals surface area contributed by atoms with E-state index in [2.05, 4.69) is 4.98 Å². The number of hydrogen-bond acceptors (Lipinski definition) is 6. The fourth-order valence-electron chi connectivity index (χ4n) is 3.99. The maximum absolute atomic E-state index is 12.0. The first-order chi connectivity index (χ1) is 17.7. The molecule has 8 heteroatoms. The third-order valence-electron chi connectivity index (χ3n) is 5.84. The van der Waals surface area contributed by atoms with Gasteiger partial charge in [-0.2, -0.15) is 0 Å². The van der Waals surface area contributed by atoms with Crippen LogP contribution in [0.5, 0.6) is 5.75 Å². The van der Waals surface area contributed by atoms with Crippen LogP contribution in [0, 0.1) is 12.8 Å². The van der Waals surface area contributed by atoms with Gasteiger partial charge in [-0.05, 0) is 64.2 Å². The van der Waals surface area contributed by atoms with Gasteiger partial charge in [-0.15, -0.1) is 0 Å². The molecule has 3 rings (SSSR count). The molecular formula is C29H43N3O5. The summed E-state index contributed by atoms with van der Waals surface area (Å²) in [5.41, 5.74) is 7.38. The number of rotatable bonds is 7. The van der Waals surface area contributed by atoms with Crippen LogP contribution < -0.4 is 10.5 Å². The predicted octanol–water partition coefficient (Wildman–Crippen LogP) is 6.29. The van der Waals surface area contributed by atoms with Crippen LogP contribution in [-0.2, 0) is 4.79 Å². The highest BCUT2D eigenvalue weighted by Gasteiger charge is 2.24. The molecule has 1 aromatic heterocycles. The van der Waals surface area contributed by atoms with Crippen LogP contribution in [0.3, 0.4) is 0 Å². The Labute approximate surface area is 220 Å². The van der Waals surface area contributed by atoms with Gasteiger partial charge >= 0.3 is 5.97 Å². The van der Waals surface area contributed by atoms with Crippen molar-refractivity contribution in [2.45, 2.75) is 67.2 Å². The first-order valence-electron chi connectivity index (χ1n) is 13.0. The maximum atomic E-state index is 12.0. The largest absolute Gasteiger partial charge is 0.513 e. The molecule has 1 fully saturated rings. The van der Waals surface area contributed by atoms with Crippen molar-refractivity contribution in [3.8, 4) is 5.75 Å². The average Bonchev–Trinajstić information content (AvgIpc) is 2.87. The van der Waals surface area contributed by atoms with Gasteiger partial charge in [0.05, 0.1) is 34.7 Å². The molecule has 1 saturated heterocycles. The summed E-state index contributed by atoms with van der Waals surface area (Å²) in [6.07, 6.45) is 8.56. The number of fused-ring (bicyclic) bond motifs is 1. The highest BCUT2D eigenvalue weighted by molar-refractivity contribution is 6.06. The van der Waals surface area contributed by atoms with Crippen LogP contribution in [-0.4, -0.2) is 51.7 Å². The second-order valence-electron chi connectivity index (χ2n) is 8.66. The van der Waals surface area contributed by atoms with Crippen molar-refractivity contribution in [3.05, 3.63) is 53.4 Å². The average molecular weight is 514 g/mol. The van der Waals surface area contributed by atoms with Gasteiger partial charge in [-0.3, -0.25) is 9.78 Å². The lowest BCUT2D eigenvalue weighted by molar-refractivity contribution is -0.132. The van der Waals surface area contributed by atoms with Gasteiger partial charge in [0.25, 0.3) is 0 Å². The number of ether oxygens (including phenoxy) is 1. The van der Waals surface area contributed by atoms with Crippen molar-refractivity contribution >= 4 is 28.5 Å². The number of hydrogen-bond donors (Lipinski definition) is 3. The number of aliphatic hydroxyl groups excluding tert-OH is 1. The van der Waals surface area contributed by atoms with E-state index in [4.69, 9.17) is 15.6 Å². The number of anilines is 1. The molecule has 1 amide bonds. The van der Waals surface area contributed by atoms with E-state index in [1.165, 1.54) is 0 Å². The van der Waals surface area contributed by atoms with Crippen LogP contribution >= 0.6 is 0 Å². The molecule has 1 aliphatic heterocycles. The van der Waals surface area contributed by atoms with E-state index in [0.717, 1.165) is 32.4 Å². The number of amides is 1. The molecule has 2 aromatic rings. The second kappa shape index (κ2) is 16.2. The summed E-state index contributed by atoms with van der Waals surface area (Å²) in [7, 11) is 0. The summed E-state index contributed by atoms with van der Waals surface area (Å²) in [5.74, 6) is 0.377. The number of nitrogen functional groups attached to an aromatic ring is 1. The van der Waals surface area contributed by atoms with E-state index in [1.54, 1.807) is 38.1 Å². The smallest absolute Gasteiger partial charge is 0.339 e. The van der Waals surface area contributed by atoms with Gasteiger partial charge in [-0.1, -0.05) is 39.0 Å². The van der Waals surface area contributed by atoms with Gasteiger partial charge in [0, 0.05) is 19.5 Å². The van der Waals surface area contributed by atoms with Crippen LogP contribution in [0.15, 0.2) is 42.2 Å². The minimum Gasteiger partial charge on any atom is -0.513 e. The monoisotopic (exact) mass is 513 g/mol. The second-order valence-corrected chi connectivity index (χ2v) is 8.66. The van der Waals surface area contributed by atoms with E-state index in [1.807, 2.05) is 44.7 Å². The summed E-state index contributed by atoms with van der Waals surface area (Å²) in [6, 6.07) is 5.42. The number of carbonyl (C=O) groups excluding carboxylic acids is 1. The van der Waals surface area contributed by atoms with Crippen molar-refractivity contribution in [3.63, 3.8) is 0 Å². The SMILES string of the molecule is C/C=C\C=C(/C)O.CC.CCCC(=O)N1CCC(COc2cccc3nc(C)c(C(=O)O)c(N)c23)CC1. The van der Waals surface area contributed by atoms with Gasteiger partial charge in [0.2, 0.25) is 5.91 Å². The van der Waals surface area contributed by atoms with Gasteiger partial charge in [-0.25, -0.2) is 4.79 Å². The Morgan fingerprint density at radius 3 is 2.38 bits per heavy atom. The Kier molecular flexibility index (Phi) is 13.8. The molecule has 37 heavy (non-hydrogen) atoms. The van der Waals surface area contributed by atoms with Gasteiger partial charge in [0.15, 0.2) is 0 Å². The van der Waals surface area contributed by atoms with Gasteiger partial charge in [0.1, 0.15) is 11.3 Å². The summed E-state index contributed by atoms with van der Waals surface area (Å²) in [6.45, 7) is 13.2. The number of pyridine rings is 1. The van der Waals surface area contributed by atoms with E-state index < -0.39 is 5.97 Å². The van der Waals surface area contributed by atoms with E-state index in [0.29, 0.717) is 47.1 Å². The number of aryl methyl sites for hydroxylation is 1. The first kappa shape index (κ1) is 31.5. The molecular weight excluding hydrogens is 470 g/mol. The lowest BCUT2D eigenvalue weighted by atomic mass is 9.97. The molecule has 204 valence electrons. The third kappa shape index (κ3) is 9.44. The first-order valence-corrected chi connectivity index (χ1v) is 13.0. The summed E-state index contributed by atoms with van der Waals surface area (Å²) in [5, 5.41) is 18.5. The number of nitrogens with zero attached hydrogens (tertiary/aromatic N) is 2. The molecule has 8 nitrogen and oxygen atoms in total. The molecule has 0 saturated carbocycles. The topological polar surface area (TPSA) is 126 Å². The number of likely N-dealkylation sites (tertiary alicyclic amines) is 1. The molecule has 2 heterocycles. The number of allylic oxidation sites excluding steroid dienone is 4. The number of aromatic carboxylic acids is 1. The molecule has 4 N–H and O–H groups in total. The third-order valence-corrected chi connectivity index (χ3v) is 5.84. The highest BCUT2D eigenvalue weighted by atomic mass is 16.5. The Hall–Kier alpha value is -3.55. The number of benzene rings is 1. The summed E-state index contributed by atoms with van der Waals surface area (Å²) < 4.78 is 6.04. The quantitative estimate of drug-likeness (QED) is 0.293. The molecule has 0 radical (unpaired) electrons. The molecule has 1 aromatic carbocycles. The van der Waals surface area contributed by atoms with E-state index >= 15 is 0 Å². The number of aromatic nitrogens is 1. The molecule has 0 atom stereocenters. The number of carboxylic acids is 1. The number of carbonyl (C=O) groups is 2. The summed E-state index contributed by atoms with van der Waals surface area (Å²) >= 11 is 0. The fourth-order valence-corrected chi connectivity index (χ4v) is 3.99. The Morgan fingerprint density at radius 1 is 1.22 bits per heavy atom. The van der Waals surface area contributed by atoms with E-state index in [-0.39, 0.29) is 17.2 Å². The summed E-state index contributed by atoms with van der Waals surface area (Å²) in [4.78, 5) is 29.9. The normalized spacial score (nSPS) is 14.0. The van der Waals surface area contributed by atoms with Crippen molar-refractivity contribution < 1.29 is 24.5 Å². The van der Waals surface area contributed by atoms with Crippen molar-refractivity contribution in [1.82, 2.24) is 9.88 Å². The number of aliphatic hydroxyl groups is 1. The van der Waals surface area contributed by atoms with Crippen LogP contribution in [0.2, 0.25) is 0 Å². The lowest BCUT2D eigenvalue weighted by Gasteiger charge is -2.32. The zero-order valence-electron chi connectivity index (χ0n) is 23.1. The van der Waals surface area contributed by atoms with E-state index in [9.17, 15) is 14.7 Å². The zero-order chi connectivity index (χ0) is 28.0. The van der Waals surface area contributed by atoms with Crippen molar-refractivity contribution in [2.75, 3.05) is 25.4 Å². The van der Waals surface area contributed by atoms with Crippen molar-refractivity contribution in [2.24, 2.45) is 5.92 Å². The Morgan fingerprint density at radius 2 is 1.86 bits per heavy atom. The maximum Gasteiger partial charge on any atom is 0.339 e. The Bertz CT molecular complexity index is 1080. The molecule has 0 aliphatic carbocycles. The predicted molar refractivity (Wildman–Crippen MR) is 150 cm³/mol. The fraction of sp³-hybridized carbons (Fsp3) is 0.483. The molecule has 1 aliphatic rings. The minimum absolute atomic E-state index is 0.0197. The van der Waals surface area contributed by atoms with Gasteiger partial charge < -0.3 is 25.6 Å². The molecule has 0 unspecified atom stereocenters. The Balaban J connectivity index is 0.000000659.